The third-order valence-electron chi connectivity index (χ3n) is 6.40. The first-order chi connectivity index (χ1) is 17.4. The van der Waals surface area contributed by atoms with E-state index in [1.165, 1.54) is 18.2 Å². The molecule has 0 spiro atoms. The van der Waals surface area contributed by atoms with Crippen LogP contribution in [-0.4, -0.2) is 55.5 Å². The molecule has 3 aromatic rings. The molecule has 8 heteroatoms. The Balaban J connectivity index is 1.36. The van der Waals surface area contributed by atoms with Crippen LogP contribution in [0, 0.1) is 11.6 Å². The van der Waals surface area contributed by atoms with E-state index in [1.807, 2.05) is 41.3 Å². The van der Waals surface area contributed by atoms with Crippen molar-refractivity contribution in [1.29, 1.82) is 0 Å². The lowest BCUT2D eigenvalue weighted by molar-refractivity contribution is -0.132. The molecule has 1 amide bonds. The van der Waals surface area contributed by atoms with E-state index in [1.54, 1.807) is 19.2 Å². The molecule has 36 heavy (non-hydrogen) atoms. The van der Waals surface area contributed by atoms with Gasteiger partial charge in [0.25, 0.3) is 0 Å². The van der Waals surface area contributed by atoms with Crippen molar-refractivity contribution in [3.05, 3.63) is 100 Å². The first-order valence-electron chi connectivity index (χ1n) is 11.9. The number of carbonyl (C=O) groups is 1. The molecule has 1 aliphatic heterocycles. The van der Waals surface area contributed by atoms with Gasteiger partial charge in [-0.3, -0.25) is 9.69 Å². The molecule has 1 heterocycles. The monoisotopic (exact) mass is 514 g/mol. The summed E-state index contributed by atoms with van der Waals surface area (Å²) in [4.78, 5) is 16.9. The van der Waals surface area contributed by atoms with Crippen LogP contribution in [0.25, 0.3) is 0 Å². The minimum atomic E-state index is -0.631. The van der Waals surface area contributed by atoms with E-state index in [9.17, 15) is 13.6 Å². The van der Waals surface area contributed by atoms with Gasteiger partial charge in [0.15, 0.2) is 0 Å². The summed E-state index contributed by atoms with van der Waals surface area (Å²) >= 11 is 6.05. The van der Waals surface area contributed by atoms with Gasteiger partial charge in [0.2, 0.25) is 5.91 Å². The number of amides is 1. The van der Waals surface area contributed by atoms with E-state index in [0.29, 0.717) is 44.2 Å². The van der Waals surface area contributed by atoms with E-state index in [2.05, 4.69) is 4.90 Å². The molecule has 4 rings (SSSR count). The second-order valence-corrected chi connectivity index (χ2v) is 9.19. The number of nitrogens with zero attached hydrogens (tertiary/aromatic N) is 2. The van der Waals surface area contributed by atoms with Gasteiger partial charge < -0.3 is 14.4 Å². The van der Waals surface area contributed by atoms with Gasteiger partial charge in [-0.15, -0.1) is 0 Å². The van der Waals surface area contributed by atoms with Crippen LogP contribution in [0.2, 0.25) is 5.02 Å². The maximum absolute atomic E-state index is 14.1. The fraction of sp³-hybridized carbons (Fsp3) is 0.321. The van der Waals surface area contributed by atoms with Crippen LogP contribution in [0.4, 0.5) is 8.78 Å². The van der Waals surface area contributed by atoms with E-state index in [0.717, 1.165) is 16.9 Å². The molecule has 0 N–H and O–H groups in total. The Kier molecular flexibility index (Phi) is 8.91. The molecule has 1 aliphatic rings. The van der Waals surface area contributed by atoms with Crippen LogP contribution in [0.15, 0.2) is 66.7 Å². The molecular formula is C28H29ClF2N2O3. The summed E-state index contributed by atoms with van der Waals surface area (Å²) in [7, 11) is 1.61. The van der Waals surface area contributed by atoms with E-state index < -0.39 is 17.7 Å². The Morgan fingerprint density at radius 1 is 0.944 bits per heavy atom. The van der Waals surface area contributed by atoms with Crippen LogP contribution in [0.3, 0.4) is 0 Å². The molecule has 5 nitrogen and oxygen atoms in total. The fourth-order valence-electron chi connectivity index (χ4n) is 4.23. The number of carbonyl (C=O) groups excluding carboxylic acids is 1. The van der Waals surface area contributed by atoms with Gasteiger partial charge in [-0.25, -0.2) is 8.78 Å². The van der Waals surface area contributed by atoms with Crippen LogP contribution in [-0.2, 0) is 22.6 Å². The summed E-state index contributed by atoms with van der Waals surface area (Å²) in [5, 5.41) is 0.599. The SMILES string of the molecule is COc1ccc(CC(=O)N2CCN(C[C@@H](OCc3c(F)cccc3F)c3ccc(Cl)cc3)CC2)cc1. The molecule has 190 valence electrons. The first kappa shape index (κ1) is 26.1. The van der Waals surface area contributed by atoms with Gasteiger partial charge in [0, 0.05) is 43.3 Å². The molecule has 0 saturated carbocycles. The predicted octanol–water partition coefficient (Wildman–Crippen LogP) is 5.27. The Labute approximate surface area is 215 Å². The fourth-order valence-corrected chi connectivity index (χ4v) is 4.36. The largest absolute Gasteiger partial charge is 0.497 e. The normalized spacial score (nSPS) is 15.1. The first-order valence-corrected chi connectivity index (χ1v) is 12.2. The third kappa shape index (κ3) is 6.81. The van der Waals surface area contributed by atoms with Crippen molar-refractivity contribution in [2.75, 3.05) is 39.8 Å². The van der Waals surface area contributed by atoms with Crippen LogP contribution in [0.1, 0.15) is 22.8 Å². The van der Waals surface area contributed by atoms with Crippen molar-refractivity contribution in [2.45, 2.75) is 19.1 Å². The van der Waals surface area contributed by atoms with E-state index in [4.69, 9.17) is 21.1 Å². The maximum Gasteiger partial charge on any atom is 0.227 e. The highest BCUT2D eigenvalue weighted by Crippen LogP contribution is 2.25. The third-order valence-corrected chi connectivity index (χ3v) is 6.65. The van der Waals surface area contributed by atoms with Crippen LogP contribution in [0.5, 0.6) is 5.75 Å². The van der Waals surface area contributed by atoms with Crippen LogP contribution >= 0.6 is 11.6 Å². The van der Waals surface area contributed by atoms with Crippen LogP contribution < -0.4 is 4.74 Å². The summed E-state index contributed by atoms with van der Waals surface area (Å²) in [6, 6.07) is 18.6. The lowest BCUT2D eigenvalue weighted by Crippen LogP contribution is -2.50. The summed E-state index contributed by atoms with van der Waals surface area (Å²) in [6.07, 6.45) is -0.0721. The molecule has 1 fully saturated rings. The van der Waals surface area contributed by atoms with Gasteiger partial charge in [0.1, 0.15) is 17.4 Å². The molecule has 0 unspecified atom stereocenters. The topological polar surface area (TPSA) is 42.0 Å². The highest BCUT2D eigenvalue weighted by molar-refractivity contribution is 6.30. The quantitative estimate of drug-likeness (QED) is 0.390. The number of hydrogen-bond donors (Lipinski definition) is 0. The number of halogens is 3. The van der Waals surface area contributed by atoms with Gasteiger partial charge in [-0.1, -0.05) is 41.9 Å². The molecule has 0 bridgehead atoms. The number of hydrogen-bond acceptors (Lipinski definition) is 4. The molecule has 3 aromatic carbocycles. The Hall–Kier alpha value is -3.00. The second kappa shape index (κ2) is 12.3. The minimum Gasteiger partial charge on any atom is -0.497 e. The van der Waals surface area contributed by atoms with Crippen molar-refractivity contribution < 1.29 is 23.0 Å². The number of methoxy groups -OCH3 is 1. The summed E-state index contributed by atoms with van der Waals surface area (Å²) in [5.41, 5.74) is 1.72. The van der Waals surface area contributed by atoms with Crippen molar-refractivity contribution in [3.8, 4) is 5.75 Å². The van der Waals surface area contributed by atoms with E-state index >= 15 is 0 Å². The molecule has 0 aromatic heterocycles. The van der Waals surface area contributed by atoms with Crippen molar-refractivity contribution in [3.63, 3.8) is 0 Å². The zero-order valence-electron chi connectivity index (χ0n) is 20.1. The molecule has 0 aliphatic carbocycles. The minimum absolute atomic E-state index is 0.0837. The molecular weight excluding hydrogens is 486 g/mol. The average molecular weight is 515 g/mol. The second-order valence-electron chi connectivity index (χ2n) is 8.76. The zero-order chi connectivity index (χ0) is 25.5. The predicted molar refractivity (Wildman–Crippen MR) is 135 cm³/mol. The van der Waals surface area contributed by atoms with Gasteiger partial charge in [-0.05, 0) is 47.5 Å². The molecule has 0 radical (unpaired) electrons. The van der Waals surface area contributed by atoms with Gasteiger partial charge in [-0.2, -0.15) is 0 Å². The molecule has 1 atom stereocenters. The van der Waals surface area contributed by atoms with Crippen molar-refractivity contribution >= 4 is 17.5 Å². The van der Waals surface area contributed by atoms with Crippen molar-refractivity contribution in [1.82, 2.24) is 9.80 Å². The molecule has 1 saturated heterocycles. The number of benzene rings is 3. The van der Waals surface area contributed by atoms with E-state index in [-0.39, 0.29) is 18.1 Å². The number of piperazine rings is 1. The zero-order valence-corrected chi connectivity index (χ0v) is 20.9. The highest BCUT2D eigenvalue weighted by atomic mass is 35.5. The lowest BCUT2D eigenvalue weighted by atomic mass is 10.1. The summed E-state index contributed by atoms with van der Waals surface area (Å²) in [6.45, 7) is 2.89. The Morgan fingerprint density at radius 2 is 1.58 bits per heavy atom. The van der Waals surface area contributed by atoms with Gasteiger partial charge in [0.05, 0.1) is 26.2 Å². The smallest absolute Gasteiger partial charge is 0.227 e. The average Bonchev–Trinajstić information content (AvgIpc) is 2.89. The number of ether oxygens (including phenoxy) is 2. The summed E-state index contributed by atoms with van der Waals surface area (Å²) < 4.78 is 39.5. The van der Waals surface area contributed by atoms with Crippen molar-refractivity contribution in [2.24, 2.45) is 0 Å². The Morgan fingerprint density at radius 3 is 2.19 bits per heavy atom. The maximum atomic E-state index is 14.1. The summed E-state index contributed by atoms with van der Waals surface area (Å²) in [5.74, 6) is -0.418. The lowest BCUT2D eigenvalue weighted by Gasteiger charge is -2.36. The van der Waals surface area contributed by atoms with Gasteiger partial charge >= 0.3 is 0 Å². The highest BCUT2D eigenvalue weighted by Gasteiger charge is 2.25. The standard InChI is InChI=1S/C28H29ClF2N2O3/c1-35-23-11-5-20(6-12-23)17-28(34)33-15-13-32(14-16-33)18-27(21-7-9-22(29)10-8-21)36-19-24-25(30)3-2-4-26(24)31/h2-12,27H,13-19H2,1H3/t27-/m1/s1. The Bertz CT molecular complexity index is 1130. The number of rotatable bonds is 9.